The zero-order valence-corrected chi connectivity index (χ0v) is 25.0. The summed E-state index contributed by atoms with van der Waals surface area (Å²) in [6.07, 6.45) is 0.476. The van der Waals surface area contributed by atoms with Crippen LogP contribution in [-0.4, -0.2) is 61.7 Å². The van der Waals surface area contributed by atoms with Gasteiger partial charge in [0.25, 0.3) is 21.7 Å². The van der Waals surface area contributed by atoms with Gasteiger partial charge >= 0.3 is 11.5 Å². The van der Waals surface area contributed by atoms with Crippen molar-refractivity contribution in [3.63, 3.8) is 0 Å². The molecule has 0 heterocycles. The van der Waals surface area contributed by atoms with Crippen LogP contribution in [0.4, 0.5) is 27.6 Å². The van der Waals surface area contributed by atoms with E-state index in [2.05, 4.69) is 10.6 Å². The van der Waals surface area contributed by atoms with Gasteiger partial charge in [-0.1, -0.05) is 6.07 Å². The molecule has 0 radical (unpaired) electrons. The Morgan fingerprint density at radius 2 is 1.69 bits per heavy atom. The van der Waals surface area contributed by atoms with E-state index in [4.69, 9.17) is 9.47 Å². The molecular weight excluding hydrogens is 631 g/mol. The minimum atomic E-state index is -5.73. The number of sulfone groups is 1. The maximum absolute atomic E-state index is 16.1. The number of aliphatic carboxylic acids is 1. The zero-order valence-electron chi connectivity index (χ0n) is 24.2. The van der Waals surface area contributed by atoms with Crippen molar-refractivity contribution in [2.45, 2.75) is 80.1 Å². The highest BCUT2D eigenvalue weighted by atomic mass is 32.2. The largest absolute Gasteiger partial charge is 0.501 e. The number of carbonyl (C=O) groups is 3. The van der Waals surface area contributed by atoms with E-state index in [1.807, 2.05) is 0 Å². The molecule has 10 nitrogen and oxygen atoms in total. The Labute approximate surface area is 255 Å². The molecule has 246 valence electrons. The van der Waals surface area contributed by atoms with Crippen molar-refractivity contribution in [2.75, 3.05) is 12.4 Å². The molecule has 45 heavy (non-hydrogen) atoms. The van der Waals surface area contributed by atoms with Gasteiger partial charge in [-0.3, -0.25) is 14.4 Å². The predicted molar refractivity (Wildman–Crippen MR) is 149 cm³/mol. The zero-order chi connectivity index (χ0) is 33.4. The molecular formula is C29H31F5N2O8S. The molecule has 0 spiro atoms. The van der Waals surface area contributed by atoms with Crippen LogP contribution in [0.25, 0.3) is 0 Å². The van der Waals surface area contributed by atoms with Crippen molar-refractivity contribution in [1.29, 1.82) is 0 Å². The third-order valence-electron chi connectivity index (χ3n) is 8.32. The fourth-order valence-corrected chi connectivity index (χ4v) is 6.29. The molecule has 2 fully saturated rings. The Hall–Kier alpha value is -3.95. The molecule has 2 aliphatic carbocycles. The van der Waals surface area contributed by atoms with E-state index in [1.54, 1.807) is 6.92 Å². The Bertz CT molecular complexity index is 1590. The Balaban J connectivity index is 1.50. The van der Waals surface area contributed by atoms with Gasteiger partial charge in [-0.15, -0.1) is 0 Å². The Morgan fingerprint density at radius 3 is 2.29 bits per heavy atom. The summed E-state index contributed by atoms with van der Waals surface area (Å²) in [6.45, 7) is 1.62. The fraction of sp³-hybridized carbons (Fsp3) is 0.483. The van der Waals surface area contributed by atoms with Gasteiger partial charge in [0.1, 0.15) is 5.75 Å². The lowest BCUT2D eigenvalue weighted by atomic mass is 9.75. The molecule has 2 atom stereocenters. The number of methoxy groups -OCH3 is 1. The molecule has 0 aromatic heterocycles. The minimum absolute atomic E-state index is 0.00452. The number of carbonyl (C=O) groups excluding carboxylic acids is 2. The number of amides is 2. The number of benzene rings is 2. The number of alkyl halides is 4. The Kier molecular flexibility index (Phi) is 9.39. The monoisotopic (exact) mass is 662 g/mol. The summed E-state index contributed by atoms with van der Waals surface area (Å²) >= 11 is 0. The van der Waals surface area contributed by atoms with E-state index in [9.17, 15) is 45.5 Å². The van der Waals surface area contributed by atoms with Gasteiger partial charge in [0.2, 0.25) is 5.67 Å². The summed E-state index contributed by atoms with van der Waals surface area (Å²) in [7, 11) is -4.56. The van der Waals surface area contributed by atoms with Gasteiger partial charge in [-0.05, 0) is 76.1 Å². The number of rotatable bonds is 9. The number of hydrogen-bond donors (Lipinski definition) is 3. The van der Waals surface area contributed by atoms with Crippen LogP contribution >= 0.6 is 0 Å². The summed E-state index contributed by atoms with van der Waals surface area (Å²) in [5, 5.41) is 13.9. The molecule has 2 unspecified atom stereocenters. The Morgan fingerprint density at radius 1 is 1.02 bits per heavy atom. The standard InChI is InChI=1S/C29H31F5N2O8S/c1-27(26(39)40)11-8-17(9-12-27)44-22-14-19(21(43-2)15-20(22)30)24(37)36-23-7-4-10-28(23,31)25(38)35-16-5-3-6-18(13-16)45(41,42)29(32,33)34/h3,5-6,13-15,17,23H,4,7-12H2,1-2H3,(H,35,38)(H,36,37)(H,39,40). The first-order valence-corrected chi connectivity index (χ1v) is 15.4. The highest BCUT2D eigenvalue weighted by molar-refractivity contribution is 7.92. The number of halogens is 5. The van der Waals surface area contributed by atoms with Gasteiger partial charge in [-0.25, -0.2) is 17.2 Å². The molecule has 2 aliphatic rings. The quantitative estimate of drug-likeness (QED) is 0.312. The highest BCUT2D eigenvalue weighted by Crippen LogP contribution is 2.40. The fourth-order valence-electron chi connectivity index (χ4n) is 5.48. The van der Waals surface area contributed by atoms with Crippen LogP contribution in [0.3, 0.4) is 0 Å². The smallest absolute Gasteiger partial charge is 0.496 e. The summed E-state index contributed by atoms with van der Waals surface area (Å²) < 4.78 is 104. The van der Waals surface area contributed by atoms with Gasteiger partial charge < -0.3 is 25.2 Å². The number of carboxylic acid groups (broad SMARTS) is 1. The number of hydrogen-bond acceptors (Lipinski definition) is 7. The normalized spacial score (nSPS) is 25.3. The first-order chi connectivity index (χ1) is 20.9. The van der Waals surface area contributed by atoms with E-state index in [1.165, 1.54) is 7.11 Å². The van der Waals surface area contributed by atoms with E-state index in [0.717, 1.165) is 24.3 Å². The molecule has 16 heteroatoms. The van der Waals surface area contributed by atoms with Crippen molar-refractivity contribution in [2.24, 2.45) is 5.41 Å². The maximum atomic E-state index is 16.1. The summed E-state index contributed by atoms with van der Waals surface area (Å²) in [5.41, 5.74) is -9.91. The SMILES string of the molecule is COc1cc(F)c(OC2CCC(C)(C(=O)O)CC2)cc1C(=O)NC1CCCC1(F)C(=O)Nc1cccc(S(=O)(=O)C(F)(F)F)c1. The van der Waals surface area contributed by atoms with Crippen LogP contribution in [0.5, 0.6) is 11.5 Å². The first kappa shape index (κ1) is 33.9. The van der Waals surface area contributed by atoms with Gasteiger partial charge in [0.05, 0.1) is 35.1 Å². The van der Waals surface area contributed by atoms with Gasteiger partial charge in [0, 0.05) is 11.8 Å². The average Bonchev–Trinajstić information content (AvgIpc) is 3.35. The van der Waals surface area contributed by atoms with Crippen molar-refractivity contribution >= 4 is 33.3 Å². The molecule has 2 saturated carbocycles. The topological polar surface area (TPSA) is 148 Å². The molecule has 2 amide bonds. The second-order valence-electron chi connectivity index (χ2n) is 11.4. The number of nitrogens with one attached hydrogen (secondary N) is 2. The molecule has 2 aromatic carbocycles. The van der Waals surface area contributed by atoms with Crippen LogP contribution in [0, 0.1) is 11.2 Å². The van der Waals surface area contributed by atoms with Crippen LogP contribution < -0.4 is 20.1 Å². The van der Waals surface area contributed by atoms with Gasteiger partial charge in [-0.2, -0.15) is 13.2 Å². The van der Waals surface area contributed by atoms with Crippen molar-refractivity contribution in [3.8, 4) is 11.5 Å². The summed E-state index contributed by atoms with van der Waals surface area (Å²) in [5.74, 6) is -4.57. The van der Waals surface area contributed by atoms with Crippen LogP contribution in [0.1, 0.15) is 62.2 Å². The minimum Gasteiger partial charge on any atom is -0.496 e. The molecule has 0 aliphatic heterocycles. The maximum Gasteiger partial charge on any atom is 0.501 e. The molecule has 2 aromatic rings. The van der Waals surface area contributed by atoms with E-state index in [0.29, 0.717) is 37.8 Å². The third kappa shape index (κ3) is 6.84. The molecule has 0 bridgehead atoms. The number of carboxylic acids is 1. The molecule has 3 N–H and O–H groups in total. The molecule has 4 rings (SSSR count). The van der Waals surface area contributed by atoms with Crippen molar-refractivity contribution in [3.05, 3.63) is 47.8 Å². The van der Waals surface area contributed by atoms with E-state index < -0.39 is 72.8 Å². The van der Waals surface area contributed by atoms with E-state index >= 15 is 4.39 Å². The van der Waals surface area contributed by atoms with Crippen LogP contribution in [0.15, 0.2) is 41.3 Å². The second kappa shape index (κ2) is 12.4. The first-order valence-electron chi connectivity index (χ1n) is 13.9. The molecule has 0 saturated heterocycles. The van der Waals surface area contributed by atoms with Crippen LogP contribution in [-0.2, 0) is 19.4 Å². The predicted octanol–water partition coefficient (Wildman–Crippen LogP) is 5.17. The van der Waals surface area contributed by atoms with Crippen LogP contribution in [0.2, 0.25) is 0 Å². The second-order valence-corrected chi connectivity index (χ2v) is 13.3. The lowest BCUT2D eigenvalue weighted by Gasteiger charge is -2.34. The van der Waals surface area contributed by atoms with Crippen molar-refractivity contribution in [1.82, 2.24) is 5.32 Å². The lowest BCUT2D eigenvalue weighted by Crippen LogP contribution is -2.53. The lowest BCUT2D eigenvalue weighted by molar-refractivity contribution is -0.150. The highest BCUT2D eigenvalue weighted by Gasteiger charge is 2.51. The summed E-state index contributed by atoms with van der Waals surface area (Å²) in [4.78, 5) is 36.7. The van der Waals surface area contributed by atoms with Gasteiger partial charge in [0.15, 0.2) is 11.6 Å². The van der Waals surface area contributed by atoms with Crippen molar-refractivity contribution < 1.29 is 59.3 Å². The summed E-state index contributed by atoms with van der Waals surface area (Å²) in [6, 6.07) is 3.81. The number of ether oxygens (including phenoxy) is 2. The number of anilines is 1. The van der Waals surface area contributed by atoms with E-state index in [-0.39, 0.29) is 36.3 Å². The average molecular weight is 663 g/mol. The third-order valence-corrected chi connectivity index (χ3v) is 9.80.